The lowest BCUT2D eigenvalue weighted by atomic mass is 9.85. The van der Waals surface area contributed by atoms with Crippen molar-refractivity contribution in [1.29, 1.82) is 0 Å². The largest absolute Gasteiger partial charge is 0.0616 e. The van der Waals surface area contributed by atoms with Gasteiger partial charge in [-0.15, -0.1) is 0 Å². The van der Waals surface area contributed by atoms with Crippen LogP contribution in [0.25, 0.3) is 65.7 Å². The Morgan fingerprint density at radius 1 is 0.324 bits per heavy atom. The predicted octanol–water partition coefficient (Wildman–Crippen LogP) is 10.5. The molecule has 174 valence electrons. The van der Waals surface area contributed by atoms with E-state index in [-0.39, 0.29) is 0 Å². The first kappa shape index (κ1) is 21.6. The fraction of sp³-hybridized carbons (Fsp3) is 0.0270. The molecular formula is C37H26. The van der Waals surface area contributed by atoms with Crippen molar-refractivity contribution in [3.63, 3.8) is 0 Å². The van der Waals surface area contributed by atoms with Crippen molar-refractivity contribution in [2.24, 2.45) is 0 Å². The molecule has 0 radical (unpaired) electrons. The monoisotopic (exact) mass is 470 g/mol. The van der Waals surface area contributed by atoms with Crippen molar-refractivity contribution >= 4 is 32.3 Å². The zero-order chi connectivity index (χ0) is 24.8. The summed E-state index contributed by atoms with van der Waals surface area (Å²) in [6.07, 6.45) is 0. The number of benzene rings is 7. The lowest BCUT2D eigenvalue weighted by Gasteiger charge is -2.18. The van der Waals surface area contributed by atoms with Crippen LogP contribution in [0.2, 0.25) is 0 Å². The smallest absolute Gasteiger partial charge is 0.00263 e. The molecule has 0 unspecified atom stereocenters. The highest BCUT2D eigenvalue weighted by Gasteiger charge is 2.16. The van der Waals surface area contributed by atoms with Crippen molar-refractivity contribution < 1.29 is 0 Å². The van der Waals surface area contributed by atoms with Gasteiger partial charge in [0.2, 0.25) is 0 Å². The zero-order valence-electron chi connectivity index (χ0n) is 20.8. The Bertz CT molecular complexity index is 1870. The Morgan fingerprint density at radius 3 is 1.46 bits per heavy atom. The SMILES string of the molecule is Cc1cccc(-c2c3ccccc3c(-c3ccc(-c4ccc5ccccc5c4)cc3)c3ccccc23)c1. The molecule has 0 aliphatic heterocycles. The highest BCUT2D eigenvalue weighted by Crippen LogP contribution is 2.43. The lowest BCUT2D eigenvalue weighted by molar-refractivity contribution is 1.47. The van der Waals surface area contributed by atoms with Crippen LogP contribution >= 0.6 is 0 Å². The van der Waals surface area contributed by atoms with Crippen LogP contribution in [0.15, 0.2) is 140 Å². The van der Waals surface area contributed by atoms with Gasteiger partial charge in [-0.2, -0.15) is 0 Å². The minimum atomic E-state index is 1.24. The van der Waals surface area contributed by atoms with Gasteiger partial charge in [0.05, 0.1) is 0 Å². The molecule has 7 aromatic rings. The van der Waals surface area contributed by atoms with E-state index < -0.39 is 0 Å². The van der Waals surface area contributed by atoms with E-state index in [9.17, 15) is 0 Å². The van der Waals surface area contributed by atoms with Crippen LogP contribution in [-0.4, -0.2) is 0 Å². The molecule has 0 nitrogen and oxygen atoms in total. The first-order valence-electron chi connectivity index (χ1n) is 12.9. The third-order valence-corrected chi connectivity index (χ3v) is 7.49. The minimum absolute atomic E-state index is 1.24. The van der Waals surface area contributed by atoms with Crippen LogP contribution in [0.5, 0.6) is 0 Å². The number of rotatable bonds is 3. The third kappa shape index (κ3) is 3.70. The number of aryl methyl sites for hydroxylation is 1. The number of hydrogen-bond donors (Lipinski definition) is 0. The van der Waals surface area contributed by atoms with Crippen molar-refractivity contribution in [2.75, 3.05) is 0 Å². The van der Waals surface area contributed by atoms with Crippen LogP contribution < -0.4 is 0 Å². The summed E-state index contributed by atoms with van der Waals surface area (Å²) in [5.41, 5.74) is 8.88. The van der Waals surface area contributed by atoms with Crippen molar-refractivity contribution in [2.45, 2.75) is 6.92 Å². The fourth-order valence-electron chi connectivity index (χ4n) is 5.75. The summed E-state index contributed by atoms with van der Waals surface area (Å²) in [6.45, 7) is 2.17. The maximum absolute atomic E-state index is 2.30. The quantitative estimate of drug-likeness (QED) is 0.225. The second kappa shape index (κ2) is 8.76. The molecule has 0 aromatic heterocycles. The molecule has 0 heterocycles. The van der Waals surface area contributed by atoms with Crippen molar-refractivity contribution in [3.05, 3.63) is 145 Å². The van der Waals surface area contributed by atoms with Crippen LogP contribution in [0.1, 0.15) is 5.56 Å². The molecule has 0 spiro atoms. The topological polar surface area (TPSA) is 0 Å². The average molecular weight is 471 g/mol. The van der Waals surface area contributed by atoms with Gasteiger partial charge < -0.3 is 0 Å². The Hall–Kier alpha value is -4.68. The molecule has 0 amide bonds. The van der Waals surface area contributed by atoms with Crippen LogP contribution in [-0.2, 0) is 0 Å². The first-order valence-corrected chi connectivity index (χ1v) is 12.9. The van der Waals surface area contributed by atoms with Crippen molar-refractivity contribution in [3.8, 4) is 33.4 Å². The summed E-state index contributed by atoms with van der Waals surface area (Å²) in [5.74, 6) is 0. The highest BCUT2D eigenvalue weighted by molar-refractivity contribution is 6.21. The van der Waals surface area contributed by atoms with E-state index in [1.165, 1.54) is 71.3 Å². The molecule has 37 heavy (non-hydrogen) atoms. The predicted molar refractivity (Wildman–Crippen MR) is 160 cm³/mol. The second-order valence-corrected chi connectivity index (χ2v) is 9.85. The Balaban J connectivity index is 1.44. The zero-order valence-corrected chi connectivity index (χ0v) is 20.8. The molecule has 0 fully saturated rings. The van der Waals surface area contributed by atoms with Gasteiger partial charge in [-0.25, -0.2) is 0 Å². The standard InChI is InChI=1S/C37H26/c1-25-9-8-12-31(23-25)37-34-15-6-4-13-32(34)36(33-14-5-7-16-35(33)37)28-20-17-27(18-21-28)30-22-19-26-10-2-3-11-29(26)24-30/h2-24H,1H3. The van der Waals surface area contributed by atoms with Gasteiger partial charge in [0.25, 0.3) is 0 Å². The Morgan fingerprint density at radius 2 is 0.838 bits per heavy atom. The molecule has 0 N–H and O–H groups in total. The molecule has 7 rings (SSSR count). The van der Waals surface area contributed by atoms with Gasteiger partial charge in [0, 0.05) is 0 Å². The Labute approximate surface area is 217 Å². The number of fused-ring (bicyclic) bond motifs is 3. The first-order chi connectivity index (χ1) is 18.3. The molecule has 7 aromatic carbocycles. The summed E-state index contributed by atoms with van der Waals surface area (Å²) in [4.78, 5) is 0. The fourth-order valence-corrected chi connectivity index (χ4v) is 5.75. The van der Waals surface area contributed by atoms with Crippen molar-refractivity contribution in [1.82, 2.24) is 0 Å². The molecule has 0 saturated carbocycles. The molecular weight excluding hydrogens is 444 g/mol. The van der Waals surface area contributed by atoms with Gasteiger partial charge >= 0.3 is 0 Å². The molecule has 0 aliphatic rings. The van der Waals surface area contributed by atoms with E-state index in [2.05, 4.69) is 146 Å². The summed E-state index contributed by atoms with van der Waals surface area (Å²) >= 11 is 0. The van der Waals surface area contributed by atoms with E-state index >= 15 is 0 Å². The van der Waals surface area contributed by atoms with E-state index in [1.54, 1.807) is 0 Å². The maximum Gasteiger partial charge on any atom is -0.00263 e. The minimum Gasteiger partial charge on any atom is -0.0616 e. The van der Waals surface area contributed by atoms with Crippen LogP contribution in [0.3, 0.4) is 0 Å². The normalized spacial score (nSPS) is 11.4. The third-order valence-electron chi connectivity index (χ3n) is 7.49. The van der Waals surface area contributed by atoms with Gasteiger partial charge in [-0.05, 0) is 78.7 Å². The van der Waals surface area contributed by atoms with Gasteiger partial charge in [-0.3, -0.25) is 0 Å². The summed E-state index contributed by atoms with van der Waals surface area (Å²) < 4.78 is 0. The van der Waals surface area contributed by atoms with E-state index in [1.807, 2.05) is 0 Å². The van der Waals surface area contributed by atoms with Gasteiger partial charge in [-0.1, -0.05) is 139 Å². The maximum atomic E-state index is 2.30. The second-order valence-electron chi connectivity index (χ2n) is 9.85. The number of hydrogen-bond acceptors (Lipinski definition) is 0. The van der Waals surface area contributed by atoms with Gasteiger partial charge in [0.1, 0.15) is 0 Å². The molecule has 0 bridgehead atoms. The molecule has 0 aliphatic carbocycles. The summed E-state index contributed by atoms with van der Waals surface area (Å²) in [5, 5.41) is 7.70. The molecule has 0 heteroatoms. The lowest BCUT2D eigenvalue weighted by Crippen LogP contribution is -1.91. The summed E-state index contributed by atoms with van der Waals surface area (Å²) in [6, 6.07) is 50.9. The average Bonchev–Trinajstić information content (AvgIpc) is 2.95. The highest BCUT2D eigenvalue weighted by atomic mass is 14.2. The van der Waals surface area contributed by atoms with Crippen LogP contribution in [0.4, 0.5) is 0 Å². The van der Waals surface area contributed by atoms with Gasteiger partial charge in [0.15, 0.2) is 0 Å². The molecule has 0 saturated heterocycles. The van der Waals surface area contributed by atoms with E-state index in [4.69, 9.17) is 0 Å². The Kier molecular flexibility index (Phi) is 5.11. The summed E-state index contributed by atoms with van der Waals surface area (Å²) in [7, 11) is 0. The van der Waals surface area contributed by atoms with E-state index in [0.29, 0.717) is 0 Å². The van der Waals surface area contributed by atoms with Crippen LogP contribution in [0, 0.1) is 6.92 Å². The molecule has 0 atom stereocenters. The van der Waals surface area contributed by atoms with E-state index in [0.717, 1.165) is 0 Å².